The number of alkyl halides is 1. The molecule has 1 heterocycles. The van der Waals surface area contributed by atoms with Crippen molar-refractivity contribution in [2.75, 3.05) is 21.3 Å². The molecule has 0 atom stereocenters. The number of carbonyl (C=O) groups excluding carboxylic acids is 2. The summed E-state index contributed by atoms with van der Waals surface area (Å²) in [5.41, 5.74) is 2.81. The summed E-state index contributed by atoms with van der Waals surface area (Å²) in [6.45, 7) is 0.832. The molecule has 11 heteroatoms. The zero-order valence-electron chi connectivity index (χ0n) is 17.2. The molecule has 0 unspecified atom stereocenters. The van der Waals surface area contributed by atoms with Crippen molar-refractivity contribution in [3.63, 3.8) is 0 Å². The summed E-state index contributed by atoms with van der Waals surface area (Å²) in [6.07, 6.45) is 0. The third-order valence-corrected chi connectivity index (χ3v) is 4.37. The monoisotopic (exact) mass is 540 g/mol. The van der Waals surface area contributed by atoms with E-state index in [0.717, 1.165) is 16.9 Å². The molecule has 172 valence electrons. The number of hydrogen-bond acceptors (Lipinski definition) is 8. The molecule has 0 saturated carbocycles. The number of esters is 2. The molecule has 0 spiro atoms. The maximum absolute atomic E-state index is 11.4. The number of rotatable bonds is 4. The average molecular weight is 541 g/mol. The van der Waals surface area contributed by atoms with Crippen LogP contribution < -0.4 is 9.47 Å². The molecule has 0 aliphatic carbocycles. The van der Waals surface area contributed by atoms with Crippen molar-refractivity contribution >= 4 is 72.1 Å². The van der Waals surface area contributed by atoms with Crippen LogP contribution in [0.2, 0.25) is 0 Å². The van der Waals surface area contributed by atoms with Crippen LogP contribution in [-0.4, -0.2) is 88.1 Å². The van der Waals surface area contributed by atoms with E-state index in [4.69, 9.17) is 24.1 Å². The van der Waals surface area contributed by atoms with Gasteiger partial charge in [-0.3, -0.25) is 0 Å². The van der Waals surface area contributed by atoms with Crippen molar-refractivity contribution in [3.05, 3.63) is 58.7 Å². The summed E-state index contributed by atoms with van der Waals surface area (Å²) in [7, 11) is 4.51. The molecule has 1 aliphatic rings. The van der Waals surface area contributed by atoms with Gasteiger partial charge in [0.1, 0.15) is 18.1 Å². The fraction of sp³-hybridized carbons (Fsp3) is 0.286. The number of ether oxygens (including phenoxy) is 4. The summed E-state index contributed by atoms with van der Waals surface area (Å²) in [6, 6.07) is 10.6. The van der Waals surface area contributed by atoms with E-state index >= 15 is 0 Å². The van der Waals surface area contributed by atoms with Gasteiger partial charge in [0.15, 0.2) is 0 Å². The van der Waals surface area contributed by atoms with E-state index < -0.39 is 0 Å². The second-order valence-corrected chi connectivity index (χ2v) is 5.83. The minimum absolute atomic E-state index is 0. The molecule has 0 bridgehead atoms. The molecule has 2 aromatic carbocycles. The molecule has 32 heavy (non-hydrogen) atoms. The topological polar surface area (TPSA) is 138 Å². The van der Waals surface area contributed by atoms with Crippen molar-refractivity contribution in [2.24, 2.45) is 0 Å². The van der Waals surface area contributed by atoms with Crippen LogP contribution in [0.3, 0.4) is 0 Å². The summed E-state index contributed by atoms with van der Waals surface area (Å²) in [4.78, 5) is 30.7. The summed E-state index contributed by atoms with van der Waals surface area (Å²) < 4.78 is 19.7. The van der Waals surface area contributed by atoms with Crippen LogP contribution in [0.15, 0.2) is 36.4 Å². The predicted molar refractivity (Wildman–Crippen MR) is 122 cm³/mol. The van der Waals surface area contributed by atoms with E-state index in [2.05, 4.69) is 20.7 Å². The number of halogens is 1. The van der Waals surface area contributed by atoms with Crippen LogP contribution in [0.4, 0.5) is 0 Å². The summed E-state index contributed by atoms with van der Waals surface area (Å²) >= 11 is 3.31. The Kier molecular flexibility index (Phi) is 20.3. The van der Waals surface area contributed by atoms with Gasteiger partial charge in [0.05, 0.1) is 32.5 Å². The van der Waals surface area contributed by atoms with Crippen LogP contribution in [0.1, 0.15) is 39.3 Å². The van der Waals surface area contributed by atoms with Gasteiger partial charge < -0.3 is 34.3 Å². The van der Waals surface area contributed by atoms with Gasteiger partial charge in [0, 0.05) is 16.5 Å². The number of fused-ring (bicyclic) bond motifs is 1. The van der Waals surface area contributed by atoms with Gasteiger partial charge >= 0.3 is 49.7 Å². The molecule has 0 fully saturated rings. The van der Waals surface area contributed by atoms with E-state index in [1.54, 1.807) is 38.5 Å². The molecule has 2 N–H and O–H groups in total. The van der Waals surface area contributed by atoms with E-state index in [1.807, 2.05) is 12.1 Å². The first-order valence-corrected chi connectivity index (χ1v) is 9.25. The standard InChI is InChI=1S/C10H11BrO3.C9H8O3.CHO2.CH4.Ca.H2O/c1-13-9-5-3-4-7(8(9)6-11)10(12)14-2;1-11-8-4-2-3-6-7(8)5-12-9(6)10;2-1-3;;;/h3-5H,6H2,1-2H3;2-4H,5H2,1H3;(H,2,3);1H4;;1H2/q;;-1;;+2;/p-1. The molecule has 3 rings (SSSR count). The predicted octanol–water partition coefficient (Wildman–Crippen LogP) is 3.43. The Morgan fingerprint density at radius 3 is 2.16 bits per heavy atom. The summed E-state index contributed by atoms with van der Waals surface area (Å²) in [5.74, 6) is 0.797. The molecule has 1 aliphatic heterocycles. The van der Waals surface area contributed by atoms with Gasteiger partial charge in [-0.15, -0.1) is 0 Å². The first kappa shape index (κ1) is 34.8. The summed E-state index contributed by atoms with van der Waals surface area (Å²) in [5, 5.41) is 7.32. The molecular formula is C21H25BrCaO9. The fourth-order valence-electron chi connectivity index (χ4n) is 2.51. The molecule has 0 aromatic heterocycles. The SMILES string of the molecule is C.COC(=O)c1cccc(OC)c1CBr.COc1cccc2c1COC2=O.O=[C-]O.[Ca+2].[OH-]. The average Bonchev–Trinajstić information content (AvgIpc) is 3.14. The number of benzene rings is 2. The number of carbonyl (C=O) groups is 2. The van der Waals surface area contributed by atoms with Gasteiger partial charge in [0.25, 0.3) is 0 Å². The van der Waals surface area contributed by atoms with Crippen molar-refractivity contribution in [1.29, 1.82) is 0 Å². The molecule has 0 saturated heterocycles. The van der Waals surface area contributed by atoms with Gasteiger partial charge in [-0.25, -0.2) is 9.59 Å². The Bertz CT molecular complexity index is 859. The van der Waals surface area contributed by atoms with E-state index in [0.29, 0.717) is 35.3 Å². The Balaban J connectivity index is -0.000000434. The largest absolute Gasteiger partial charge is 2.00 e. The Morgan fingerprint density at radius 2 is 1.66 bits per heavy atom. The van der Waals surface area contributed by atoms with Gasteiger partial charge in [0.2, 0.25) is 0 Å². The fourth-order valence-corrected chi connectivity index (χ4v) is 3.09. The van der Waals surface area contributed by atoms with Crippen molar-refractivity contribution in [2.45, 2.75) is 19.4 Å². The third kappa shape index (κ3) is 9.33. The third-order valence-electron chi connectivity index (χ3n) is 3.81. The van der Waals surface area contributed by atoms with E-state index in [1.165, 1.54) is 7.11 Å². The number of methoxy groups -OCH3 is 3. The van der Waals surface area contributed by atoms with Crippen LogP contribution in [0.25, 0.3) is 0 Å². The quantitative estimate of drug-likeness (QED) is 0.267. The van der Waals surface area contributed by atoms with Gasteiger partial charge in [-0.2, -0.15) is 0 Å². The van der Waals surface area contributed by atoms with E-state index in [-0.39, 0.29) is 62.6 Å². The smallest absolute Gasteiger partial charge is 0.870 e. The maximum atomic E-state index is 11.4. The van der Waals surface area contributed by atoms with Crippen LogP contribution >= 0.6 is 15.9 Å². The van der Waals surface area contributed by atoms with E-state index in [9.17, 15) is 9.59 Å². The van der Waals surface area contributed by atoms with Crippen molar-refractivity contribution < 1.29 is 43.9 Å². The Morgan fingerprint density at radius 1 is 1.12 bits per heavy atom. The van der Waals surface area contributed by atoms with Crippen LogP contribution in [0.5, 0.6) is 11.5 Å². The van der Waals surface area contributed by atoms with Gasteiger partial charge in [-0.05, 0) is 24.3 Å². The molecule has 2 aromatic rings. The maximum Gasteiger partial charge on any atom is 2.00 e. The van der Waals surface area contributed by atoms with Crippen LogP contribution in [-0.2, 0) is 26.2 Å². The van der Waals surface area contributed by atoms with Crippen LogP contribution in [0, 0.1) is 0 Å². The number of aliphatic hydroxyl groups excluding tert-OH is 1. The zero-order chi connectivity index (χ0) is 21.8. The Hall–Kier alpha value is -1.85. The van der Waals surface area contributed by atoms with Crippen molar-refractivity contribution in [3.8, 4) is 11.5 Å². The first-order chi connectivity index (χ1) is 14.0. The second-order valence-electron chi connectivity index (χ2n) is 5.27. The molecule has 9 nitrogen and oxygen atoms in total. The zero-order valence-corrected chi connectivity index (χ0v) is 21.0. The molecule has 0 radical (unpaired) electrons. The Labute approximate surface area is 225 Å². The normalized spacial score (nSPS) is 9.81. The minimum Gasteiger partial charge on any atom is -0.870 e. The van der Waals surface area contributed by atoms with Gasteiger partial charge in [-0.1, -0.05) is 42.0 Å². The number of cyclic esters (lactones) is 1. The second kappa shape index (κ2) is 18.7. The minimum atomic E-state index is -0.349. The first-order valence-electron chi connectivity index (χ1n) is 8.13. The molecular weight excluding hydrogens is 516 g/mol. The number of hydrogen-bond donors (Lipinski definition) is 1. The van der Waals surface area contributed by atoms with Crippen molar-refractivity contribution in [1.82, 2.24) is 0 Å². The molecule has 0 amide bonds.